The molecule has 0 heterocycles. The van der Waals surface area contributed by atoms with Gasteiger partial charge in [-0.15, -0.1) is 0 Å². The lowest BCUT2D eigenvalue weighted by Crippen LogP contribution is -2.54. The Morgan fingerprint density at radius 1 is 1.20 bits per heavy atom. The van der Waals surface area contributed by atoms with Gasteiger partial charge in [0.2, 0.25) is 5.96 Å². The summed E-state index contributed by atoms with van der Waals surface area (Å²) >= 11 is 0. The van der Waals surface area contributed by atoms with Crippen molar-refractivity contribution in [3.63, 3.8) is 0 Å². The molecule has 7 nitrogen and oxygen atoms in total. The van der Waals surface area contributed by atoms with Crippen molar-refractivity contribution in [2.24, 2.45) is 16.5 Å². The maximum absolute atomic E-state index is 13.1. The number of nitriles is 1. The van der Waals surface area contributed by atoms with Gasteiger partial charge in [0.05, 0.1) is 17.8 Å². The third kappa shape index (κ3) is 7.28. The number of hydrogen-bond acceptors (Lipinski definition) is 4. The maximum Gasteiger partial charge on any atom is 0.280 e. The Bertz CT molecular complexity index is 943. The average molecular weight is 410 g/mol. The van der Waals surface area contributed by atoms with Crippen molar-refractivity contribution < 1.29 is 9.18 Å². The summed E-state index contributed by atoms with van der Waals surface area (Å²) in [5.74, 6) is -0.647. The van der Waals surface area contributed by atoms with E-state index in [9.17, 15) is 9.18 Å². The van der Waals surface area contributed by atoms with Crippen molar-refractivity contribution in [3.8, 4) is 6.07 Å². The number of nitrogens with two attached hydrogens (primary N) is 2. The molecule has 6 N–H and O–H groups in total. The van der Waals surface area contributed by atoms with Crippen LogP contribution in [0.4, 0.5) is 4.39 Å². The number of carbonyl (C=O) groups excluding carboxylic acids is 1. The summed E-state index contributed by atoms with van der Waals surface area (Å²) < 4.78 is 13.1. The molecule has 2 unspecified atom stereocenters. The number of nitrogens with zero attached hydrogens (tertiary/aromatic N) is 2. The molecule has 0 spiro atoms. The molecule has 0 aliphatic carbocycles. The first-order chi connectivity index (χ1) is 14.1. The van der Waals surface area contributed by atoms with Crippen LogP contribution in [0.25, 0.3) is 0 Å². The molecule has 0 saturated heterocycles. The number of amides is 1. The zero-order valence-corrected chi connectivity index (χ0v) is 17.3. The van der Waals surface area contributed by atoms with E-state index < -0.39 is 18.1 Å². The number of hydrogen-bond donors (Lipinski definition) is 4. The van der Waals surface area contributed by atoms with E-state index >= 15 is 0 Å². The van der Waals surface area contributed by atoms with E-state index in [1.165, 1.54) is 18.2 Å². The van der Waals surface area contributed by atoms with Gasteiger partial charge in [0.15, 0.2) is 0 Å². The third-order valence-electron chi connectivity index (χ3n) is 4.07. The molecule has 158 valence electrons. The minimum absolute atomic E-state index is 0.202. The summed E-state index contributed by atoms with van der Waals surface area (Å²) in [6, 6.07) is 13.8. The van der Waals surface area contributed by atoms with Crippen LogP contribution < -0.4 is 22.1 Å². The lowest BCUT2D eigenvalue weighted by Gasteiger charge is -2.27. The van der Waals surface area contributed by atoms with E-state index in [4.69, 9.17) is 16.7 Å². The van der Waals surface area contributed by atoms with Crippen LogP contribution in [0.1, 0.15) is 54.7 Å². The monoisotopic (exact) mass is 410 g/mol. The minimum Gasteiger partial charge on any atom is -0.351 e. The highest BCUT2D eigenvalue weighted by molar-refractivity contribution is 6.03. The van der Waals surface area contributed by atoms with Gasteiger partial charge in [-0.1, -0.05) is 18.2 Å². The molecule has 0 radical (unpaired) electrons. The van der Waals surface area contributed by atoms with Crippen molar-refractivity contribution in [1.82, 2.24) is 10.6 Å². The summed E-state index contributed by atoms with van der Waals surface area (Å²) in [7, 11) is 0. The summed E-state index contributed by atoms with van der Waals surface area (Å²) in [5.41, 5.74) is 13.4. The second-order valence-corrected chi connectivity index (χ2v) is 7.98. The number of nitrogens with one attached hydrogen (secondary N) is 2. The molecule has 0 fully saturated rings. The smallest absolute Gasteiger partial charge is 0.280 e. The normalized spacial score (nSPS) is 13.8. The molecule has 0 aliphatic rings. The SMILES string of the molecule is CC(C)(C)N/C(=N/C(=O)c1cccc(C#N)c1)NC(N)CC(N)c1ccc(F)cc1. The fourth-order valence-corrected chi connectivity index (χ4v) is 2.69. The molecule has 0 saturated carbocycles. The molecule has 2 atom stereocenters. The van der Waals surface area contributed by atoms with Gasteiger partial charge in [0.1, 0.15) is 5.82 Å². The second-order valence-electron chi connectivity index (χ2n) is 7.98. The fraction of sp³-hybridized carbons (Fsp3) is 0.318. The largest absolute Gasteiger partial charge is 0.351 e. The Hall–Kier alpha value is -3.28. The van der Waals surface area contributed by atoms with E-state index in [-0.39, 0.29) is 17.3 Å². The van der Waals surface area contributed by atoms with Crippen LogP contribution in [-0.4, -0.2) is 23.6 Å². The van der Waals surface area contributed by atoms with Crippen LogP contribution >= 0.6 is 0 Å². The van der Waals surface area contributed by atoms with Crippen molar-refractivity contribution >= 4 is 11.9 Å². The predicted molar refractivity (Wildman–Crippen MR) is 115 cm³/mol. The molecule has 2 aromatic carbocycles. The van der Waals surface area contributed by atoms with E-state index in [2.05, 4.69) is 15.6 Å². The molecule has 0 aliphatic heterocycles. The van der Waals surface area contributed by atoms with E-state index in [0.717, 1.165) is 5.56 Å². The summed E-state index contributed by atoms with van der Waals surface area (Å²) in [4.78, 5) is 16.7. The first kappa shape index (κ1) is 23.0. The summed E-state index contributed by atoms with van der Waals surface area (Å²) in [5, 5.41) is 15.1. The molecule has 8 heteroatoms. The number of carbonyl (C=O) groups is 1. The molecular weight excluding hydrogens is 383 g/mol. The zero-order chi connectivity index (χ0) is 22.3. The van der Waals surface area contributed by atoms with Gasteiger partial charge in [0.25, 0.3) is 5.91 Å². The Kier molecular flexibility index (Phi) is 7.64. The predicted octanol–water partition coefficient (Wildman–Crippen LogP) is 2.55. The van der Waals surface area contributed by atoms with Gasteiger partial charge in [-0.25, -0.2) is 4.39 Å². The van der Waals surface area contributed by atoms with Crippen molar-refractivity contribution in [2.45, 2.75) is 44.9 Å². The van der Waals surface area contributed by atoms with Gasteiger partial charge in [-0.2, -0.15) is 10.3 Å². The molecule has 0 aromatic heterocycles. The summed E-state index contributed by atoms with van der Waals surface area (Å²) in [6.07, 6.45) is -0.286. The number of guanidine groups is 1. The topological polar surface area (TPSA) is 129 Å². The molecule has 1 amide bonds. The molecule has 30 heavy (non-hydrogen) atoms. The highest BCUT2D eigenvalue weighted by atomic mass is 19.1. The van der Waals surface area contributed by atoms with Crippen LogP contribution in [0.3, 0.4) is 0 Å². The van der Waals surface area contributed by atoms with Crippen molar-refractivity contribution in [3.05, 3.63) is 71.0 Å². The molecule has 0 bridgehead atoms. The Morgan fingerprint density at radius 2 is 1.87 bits per heavy atom. The van der Waals surface area contributed by atoms with Crippen LogP contribution in [0.15, 0.2) is 53.5 Å². The summed E-state index contributed by atoms with van der Waals surface area (Å²) in [6.45, 7) is 5.75. The standard InChI is InChI=1S/C22H27FN6O/c1-22(2,3)29-21(28-20(30)16-6-4-5-14(11-16)13-24)27-19(26)12-18(25)15-7-9-17(23)10-8-15/h4-11,18-19H,12,25-26H2,1-3H3,(H2,27,28,29,30). The molecule has 2 rings (SSSR count). The van der Waals surface area contributed by atoms with Crippen LogP contribution in [0.2, 0.25) is 0 Å². The number of halogens is 1. The van der Waals surface area contributed by atoms with Crippen LogP contribution in [-0.2, 0) is 0 Å². The van der Waals surface area contributed by atoms with Crippen LogP contribution in [0.5, 0.6) is 0 Å². The highest BCUT2D eigenvalue weighted by Gasteiger charge is 2.18. The fourth-order valence-electron chi connectivity index (χ4n) is 2.69. The van der Waals surface area contributed by atoms with Crippen molar-refractivity contribution in [1.29, 1.82) is 5.26 Å². The number of benzene rings is 2. The van der Waals surface area contributed by atoms with E-state index in [1.807, 2.05) is 26.8 Å². The van der Waals surface area contributed by atoms with E-state index in [0.29, 0.717) is 17.5 Å². The van der Waals surface area contributed by atoms with E-state index in [1.54, 1.807) is 30.3 Å². The van der Waals surface area contributed by atoms with Gasteiger partial charge in [0, 0.05) is 17.1 Å². The second kappa shape index (κ2) is 9.96. The quantitative estimate of drug-likeness (QED) is 0.341. The first-order valence-corrected chi connectivity index (χ1v) is 9.52. The average Bonchev–Trinajstić information content (AvgIpc) is 2.67. The minimum atomic E-state index is -0.614. The Morgan fingerprint density at radius 3 is 2.47 bits per heavy atom. The van der Waals surface area contributed by atoms with Crippen LogP contribution in [0, 0.1) is 17.1 Å². The maximum atomic E-state index is 13.1. The number of aliphatic imine (C=N–C) groups is 1. The molecule has 2 aromatic rings. The third-order valence-corrected chi connectivity index (χ3v) is 4.07. The Labute approximate surface area is 176 Å². The number of rotatable bonds is 5. The van der Waals surface area contributed by atoms with Gasteiger partial charge >= 0.3 is 0 Å². The lowest BCUT2D eigenvalue weighted by molar-refractivity contribution is 0.100. The highest BCUT2D eigenvalue weighted by Crippen LogP contribution is 2.15. The van der Waals surface area contributed by atoms with Crippen molar-refractivity contribution in [2.75, 3.05) is 0 Å². The van der Waals surface area contributed by atoms with Gasteiger partial charge in [-0.3, -0.25) is 4.79 Å². The lowest BCUT2D eigenvalue weighted by atomic mass is 10.0. The Balaban J connectivity index is 2.15. The first-order valence-electron chi connectivity index (χ1n) is 9.52. The van der Waals surface area contributed by atoms with Gasteiger partial charge in [-0.05, 0) is 63.1 Å². The zero-order valence-electron chi connectivity index (χ0n) is 17.3. The van der Waals surface area contributed by atoms with Gasteiger partial charge < -0.3 is 22.1 Å². The molecular formula is C22H27FN6O.